The lowest BCUT2D eigenvalue weighted by Crippen LogP contribution is -2.27. The largest absolute Gasteiger partial charge is 0.494 e. The van der Waals surface area contributed by atoms with Crippen LogP contribution in [0.3, 0.4) is 0 Å². The molecule has 0 saturated heterocycles. The number of carbonyl (C=O) groups excluding carboxylic acids is 1. The van der Waals surface area contributed by atoms with E-state index in [-0.39, 0.29) is 17.3 Å². The topological polar surface area (TPSA) is 93.7 Å². The molecule has 0 aromatic heterocycles. The smallest absolute Gasteiger partial charge is 0.251 e. The highest BCUT2D eigenvalue weighted by atomic mass is 32.2. The molecule has 2 aromatic rings. The van der Waals surface area contributed by atoms with Gasteiger partial charge in [0.15, 0.2) is 0 Å². The average Bonchev–Trinajstić information content (AvgIpc) is 2.67. The Bertz CT molecular complexity index is 833. The first-order chi connectivity index (χ1) is 13.0. The lowest BCUT2D eigenvalue weighted by molar-refractivity contribution is 0.0951. The Labute approximate surface area is 159 Å². The summed E-state index contributed by atoms with van der Waals surface area (Å²) < 4.78 is 36.8. The zero-order valence-electron chi connectivity index (χ0n) is 15.4. The van der Waals surface area contributed by atoms with E-state index in [1.807, 2.05) is 6.92 Å². The number of methoxy groups -OCH3 is 1. The molecule has 2 rings (SSSR count). The highest BCUT2D eigenvalue weighted by Crippen LogP contribution is 2.13. The quantitative estimate of drug-likeness (QED) is 0.603. The Kier molecular flexibility index (Phi) is 7.78. The van der Waals surface area contributed by atoms with Crippen LogP contribution in [0.5, 0.6) is 5.75 Å². The van der Waals surface area contributed by atoms with E-state index >= 15 is 0 Å². The van der Waals surface area contributed by atoms with Gasteiger partial charge in [0.25, 0.3) is 5.91 Å². The lowest BCUT2D eigenvalue weighted by atomic mass is 10.2. The fourth-order valence-electron chi connectivity index (χ4n) is 2.30. The van der Waals surface area contributed by atoms with E-state index in [1.165, 1.54) is 19.2 Å². The van der Waals surface area contributed by atoms with Crippen molar-refractivity contribution in [1.82, 2.24) is 10.0 Å². The van der Waals surface area contributed by atoms with E-state index in [2.05, 4.69) is 10.0 Å². The monoisotopic (exact) mass is 392 g/mol. The number of benzene rings is 2. The van der Waals surface area contributed by atoms with Crippen LogP contribution in [-0.4, -0.2) is 41.2 Å². The molecule has 0 radical (unpaired) electrons. The second-order valence-corrected chi connectivity index (χ2v) is 7.44. The molecular weight excluding hydrogens is 368 g/mol. The minimum absolute atomic E-state index is 0.167. The molecule has 0 heterocycles. The summed E-state index contributed by atoms with van der Waals surface area (Å²) in [7, 11) is -2.06. The minimum Gasteiger partial charge on any atom is -0.494 e. The number of hydrogen-bond donors (Lipinski definition) is 2. The molecule has 0 atom stereocenters. The van der Waals surface area contributed by atoms with Gasteiger partial charge in [0, 0.05) is 25.8 Å². The normalized spacial score (nSPS) is 11.2. The van der Waals surface area contributed by atoms with Crippen molar-refractivity contribution in [2.75, 3.05) is 26.9 Å². The van der Waals surface area contributed by atoms with E-state index in [0.717, 1.165) is 5.56 Å². The summed E-state index contributed by atoms with van der Waals surface area (Å²) in [6, 6.07) is 13.2. The molecule has 2 N–H and O–H groups in total. The lowest BCUT2D eigenvalue weighted by Gasteiger charge is -2.09. The van der Waals surface area contributed by atoms with Crippen LogP contribution in [-0.2, 0) is 21.3 Å². The number of ether oxygens (including phenoxy) is 2. The molecule has 146 valence electrons. The van der Waals surface area contributed by atoms with Gasteiger partial charge in [-0.2, -0.15) is 0 Å². The first-order valence-electron chi connectivity index (χ1n) is 8.55. The third-order valence-corrected chi connectivity index (χ3v) is 5.19. The number of rotatable bonds is 10. The molecule has 7 nitrogen and oxygen atoms in total. The van der Waals surface area contributed by atoms with Gasteiger partial charge in [-0.1, -0.05) is 12.1 Å². The summed E-state index contributed by atoms with van der Waals surface area (Å²) in [5.74, 6) is 0.501. The van der Waals surface area contributed by atoms with Gasteiger partial charge >= 0.3 is 0 Å². The van der Waals surface area contributed by atoms with E-state index in [9.17, 15) is 13.2 Å². The first kappa shape index (κ1) is 20.9. The van der Waals surface area contributed by atoms with Crippen LogP contribution in [0, 0.1) is 0 Å². The predicted octanol–water partition coefficient (Wildman–Crippen LogP) is 1.94. The molecule has 0 unspecified atom stereocenters. The summed E-state index contributed by atoms with van der Waals surface area (Å²) in [5.41, 5.74) is 1.32. The van der Waals surface area contributed by atoms with Crippen LogP contribution < -0.4 is 14.8 Å². The molecule has 8 heteroatoms. The zero-order chi connectivity index (χ0) is 19.7. The van der Waals surface area contributed by atoms with Crippen molar-refractivity contribution in [3.8, 4) is 5.75 Å². The van der Waals surface area contributed by atoms with Gasteiger partial charge in [0.05, 0.1) is 18.1 Å². The Hall–Kier alpha value is -2.42. The molecule has 0 saturated carbocycles. The Balaban J connectivity index is 1.91. The van der Waals surface area contributed by atoms with E-state index < -0.39 is 10.0 Å². The van der Waals surface area contributed by atoms with Crippen LogP contribution in [0.15, 0.2) is 53.4 Å². The maximum atomic E-state index is 12.2. The SMILES string of the molecule is CCOc1ccc(C(=O)NCc2ccc(S(=O)(=O)NCCOC)cc2)cc1. The van der Waals surface area contributed by atoms with Crippen LogP contribution in [0.4, 0.5) is 0 Å². The van der Waals surface area contributed by atoms with Gasteiger partial charge in [-0.25, -0.2) is 13.1 Å². The van der Waals surface area contributed by atoms with Crippen molar-refractivity contribution in [3.05, 3.63) is 59.7 Å². The van der Waals surface area contributed by atoms with Crippen LogP contribution in [0.25, 0.3) is 0 Å². The molecular formula is C19H24N2O5S. The molecule has 0 fully saturated rings. The van der Waals surface area contributed by atoms with Crippen molar-refractivity contribution in [2.45, 2.75) is 18.4 Å². The van der Waals surface area contributed by atoms with Crippen molar-refractivity contribution in [2.24, 2.45) is 0 Å². The fraction of sp³-hybridized carbons (Fsp3) is 0.316. The van der Waals surface area contributed by atoms with Crippen molar-refractivity contribution in [1.29, 1.82) is 0 Å². The molecule has 0 aliphatic rings. The van der Waals surface area contributed by atoms with Crippen LogP contribution >= 0.6 is 0 Å². The van der Waals surface area contributed by atoms with Gasteiger partial charge in [0.1, 0.15) is 5.75 Å². The highest BCUT2D eigenvalue weighted by Gasteiger charge is 2.13. The van der Waals surface area contributed by atoms with Crippen molar-refractivity contribution in [3.63, 3.8) is 0 Å². The van der Waals surface area contributed by atoms with Gasteiger partial charge < -0.3 is 14.8 Å². The van der Waals surface area contributed by atoms with Gasteiger partial charge in [-0.15, -0.1) is 0 Å². The van der Waals surface area contributed by atoms with Crippen molar-refractivity contribution >= 4 is 15.9 Å². The minimum atomic E-state index is -3.56. The Morgan fingerprint density at radius 2 is 1.70 bits per heavy atom. The number of sulfonamides is 1. The van der Waals surface area contributed by atoms with E-state index in [4.69, 9.17) is 9.47 Å². The number of nitrogens with one attached hydrogen (secondary N) is 2. The second-order valence-electron chi connectivity index (χ2n) is 5.67. The Morgan fingerprint density at radius 1 is 1.04 bits per heavy atom. The summed E-state index contributed by atoms with van der Waals surface area (Å²) in [6.45, 7) is 3.27. The number of amides is 1. The van der Waals surface area contributed by atoms with Gasteiger partial charge in [-0.05, 0) is 48.9 Å². The third kappa shape index (κ3) is 6.35. The summed E-state index contributed by atoms with van der Waals surface area (Å²) in [5, 5.41) is 2.81. The molecule has 1 amide bonds. The molecule has 0 spiro atoms. The van der Waals surface area contributed by atoms with Crippen molar-refractivity contribution < 1.29 is 22.7 Å². The predicted molar refractivity (Wildman–Crippen MR) is 102 cm³/mol. The number of carbonyl (C=O) groups is 1. The van der Waals surface area contributed by atoms with Gasteiger partial charge in [0.2, 0.25) is 10.0 Å². The molecule has 0 aliphatic heterocycles. The first-order valence-corrected chi connectivity index (χ1v) is 10.0. The molecule has 27 heavy (non-hydrogen) atoms. The third-order valence-electron chi connectivity index (χ3n) is 3.71. The van der Waals surface area contributed by atoms with Gasteiger partial charge in [-0.3, -0.25) is 4.79 Å². The van der Waals surface area contributed by atoms with E-state index in [0.29, 0.717) is 31.1 Å². The molecule has 0 aliphatic carbocycles. The van der Waals surface area contributed by atoms with E-state index in [1.54, 1.807) is 36.4 Å². The van der Waals surface area contributed by atoms with Crippen LogP contribution in [0.2, 0.25) is 0 Å². The number of hydrogen-bond acceptors (Lipinski definition) is 5. The zero-order valence-corrected chi connectivity index (χ0v) is 16.2. The molecule has 0 bridgehead atoms. The van der Waals surface area contributed by atoms with Crippen LogP contribution in [0.1, 0.15) is 22.8 Å². The Morgan fingerprint density at radius 3 is 2.30 bits per heavy atom. The maximum Gasteiger partial charge on any atom is 0.251 e. The maximum absolute atomic E-state index is 12.2. The summed E-state index contributed by atoms with van der Waals surface area (Å²) in [4.78, 5) is 12.4. The standard InChI is InChI=1S/C19H24N2O5S/c1-3-26-17-8-6-16(7-9-17)19(22)20-14-15-4-10-18(11-5-15)27(23,24)21-12-13-25-2/h4-11,21H,3,12-14H2,1-2H3,(H,20,22). The summed E-state index contributed by atoms with van der Waals surface area (Å²) >= 11 is 0. The fourth-order valence-corrected chi connectivity index (χ4v) is 3.31. The average molecular weight is 392 g/mol. The molecule has 2 aromatic carbocycles. The summed E-state index contributed by atoms with van der Waals surface area (Å²) in [6.07, 6.45) is 0. The second kappa shape index (κ2) is 10.1. The highest BCUT2D eigenvalue weighted by molar-refractivity contribution is 7.89.